The molecule has 10 nitrogen and oxygen atoms in total. The molecule has 1 aliphatic rings. The van der Waals surface area contributed by atoms with Gasteiger partial charge in [-0.05, 0) is 19.4 Å². The number of aromatic nitrogens is 1. The fourth-order valence-electron chi connectivity index (χ4n) is 4.00. The topological polar surface area (TPSA) is 126 Å². The van der Waals surface area contributed by atoms with Crippen molar-refractivity contribution in [1.82, 2.24) is 14.8 Å². The van der Waals surface area contributed by atoms with Crippen molar-refractivity contribution in [2.75, 3.05) is 46.0 Å². The Morgan fingerprint density at radius 1 is 1.05 bits per heavy atom. The predicted molar refractivity (Wildman–Crippen MR) is 147 cm³/mol. The molecule has 0 radical (unpaired) electrons. The van der Waals surface area contributed by atoms with E-state index in [9.17, 15) is 24.3 Å². The SMILES string of the molecule is CCCCOC(=O)N1CCN(C(=O)[C@H](CO)CC(=O)c2nc(-c3ccccc3)sc2/C=C/C(=O)OCC)CC1. The van der Waals surface area contributed by atoms with Crippen molar-refractivity contribution in [1.29, 1.82) is 0 Å². The molecule has 3 rings (SSSR count). The number of esters is 1. The molecule has 0 unspecified atom stereocenters. The van der Waals surface area contributed by atoms with Crippen LogP contribution in [0.4, 0.5) is 4.79 Å². The van der Waals surface area contributed by atoms with E-state index in [1.165, 1.54) is 23.5 Å². The highest BCUT2D eigenvalue weighted by atomic mass is 32.1. The molecule has 1 aliphatic heterocycles. The lowest BCUT2D eigenvalue weighted by molar-refractivity contribution is -0.138. The first kappa shape index (κ1) is 30.0. The first-order valence-corrected chi connectivity index (χ1v) is 13.9. The van der Waals surface area contributed by atoms with E-state index in [-0.39, 0.29) is 37.7 Å². The normalized spacial score (nSPS) is 14.3. The molecule has 0 saturated carbocycles. The number of unbranched alkanes of at least 4 members (excludes halogenated alkanes) is 1. The summed E-state index contributed by atoms with van der Waals surface area (Å²) in [5, 5.41) is 10.6. The van der Waals surface area contributed by atoms with Crippen LogP contribution in [0.5, 0.6) is 0 Å². The van der Waals surface area contributed by atoms with Crippen LogP contribution < -0.4 is 0 Å². The Morgan fingerprint density at radius 2 is 1.74 bits per heavy atom. The first-order chi connectivity index (χ1) is 18.9. The number of amides is 2. The smallest absolute Gasteiger partial charge is 0.409 e. The second-order valence-electron chi connectivity index (χ2n) is 8.97. The summed E-state index contributed by atoms with van der Waals surface area (Å²) in [6, 6.07) is 9.32. The summed E-state index contributed by atoms with van der Waals surface area (Å²) in [5.74, 6) is -2.26. The van der Waals surface area contributed by atoms with Crippen LogP contribution in [0, 0.1) is 5.92 Å². The standard InChI is InChI=1S/C28H35N3O7S/c1-3-5-17-38-28(36)31-15-13-30(14-16-31)27(35)21(19-32)18-22(33)25-23(11-12-24(34)37-4-2)39-26(29-25)20-9-7-6-8-10-20/h6-12,21,32H,3-5,13-19H2,1-2H3/b12-11+/t21-/m0/s1. The average molecular weight is 558 g/mol. The summed E-state index contributed by atoms with van der Waals surface area (Å²) in [7, 11) is 0. The Labute approximate surface area is 232 Å². The third-order valence-electron chi connectivity index (χ3n) is 6.17. The molecule has 1 aromatic heterocycles. The molecular formula is C28H35N3O7S. The molecule has 1 N–H and O–H groups in total. The number of ketones is 1. The van der Waals surface area contributed by atoms with Crippen molar-refractivity contribution in [3.8, 4) is 10.6 Å². The zero-order valence-corrected chi connectivity index (χ0v) is 23.2. The highest BCUT2D eigenvalue weighted by molar-refractivity contribution is 7.16. The molecule has 11 heteroatoms. The fraction of sp³-hybridized carbons (Fsp3) is 0.464. The number of Topliss-reactive ketones (excluding diaryl/α,β-unsaturated/α-hetero) is 1. The van der Waals surface area contributed by atoms with Gasteiger partial charge in [-0.25, -0.2) is 14.6 Å². The molecule has 0 bridgehead atoms. The molecule has 0 aliphatic carbocycles. The third kappa shape index (κ3) is 8.46. The van der Waals surface area contributed by atoms with Gasteiger partial charge in [-0.15, -0.1) is 11.3 Å². The van der Waals surface area contributed by atoms with Gasteiger partial charge in [0.05, 0.1) is 30.6 Å². The number of hydrogen-bond acceptors (Lipinski definition) is 9. The number of aliphatic hydroxyl groups is 1. The molecule has 1 aromatic carbocycles. The number of carbonyl (C=O) groups excluding carboxylic acids is 4. The fourth-order valence-corrected chi connectivity index (χ4v) is 4.99. The van der Waals surface area contributed by atoms with Crippen molar-refractivity contribution in [2.45, 2.75) is 33.1 Å². The van der Waals surface area contributed by atoms with Crippen molar-refractivity contribution in [3.63, 3.8) is 0 Å². The quantitative estimate of drug-likeness (QED) is 0.181. The average Bonchev–Trinajstić information content (AvgIpc) is 3.40. The van der Waals surface area contributed by atoms with Crippen LogP contribution >= 0.6 is 11.3 Å². The van der Waals surface area contributed by atoms with E-state index in [1.54, 1.807) is 16.7 Å². The Balaban J connectivity index is 1.69. The Bertz CT molecular complexity index is 1160. The molecule has 2 heterocycles. The van der Waals surface area contributed by atoms with Crippen LogP contribution in [-0.2, 0) is 19.1 Å². The highest BCUT2D eigenvalue weighted by Gasteiger charge is 2.31. The van der Waals surface area contributed by atoms with Gasteiger partial charge in [0.2, 0.25) is 5.91 Å². The van der Waals surface area contributed by atoms with E-state index in [0.717, 1.165) is 18.4 Å². The maximum absolute atomic E-state index is 13.3. The van der Waals surface area contributed by atoms with Gasteiger partial charge in [0.15, 0.2) is 5.78 Å². The van der Waals surface area contributed by atoms with Crippen molar-refractivity contribution in [3.05, 3.63) is 47.0 Å². The van der Waals surface area contributed by atoms with E-state index in [4.69, 9.17) is 9.47 Å². The Kier molecular flexibility index (Phi) is 11.6. The second-order valence-corrected chi connectivity index (χ2v) is 10.0. The van der Waals surface area contributed by atoms with E-state index < -0.39 is 30.4 Å². The summed E-state index contributed by atoms with van der Waals surface area (Å²) < 4.78 is 10.2. The van der Waals surface area contributed by atoms with Gasteiger partial charge in [0, 0.05) is 44.2 Å². The molecule has 1 fully saturated rings. The van der Waals surface area contributed by atoms with Crippen LogP contribution in [0.2, 0.25) is 0 Å². The molecule has 1 atom stereocenters. The number of benzene rings is 1. The Hall–Kier alpha value is -3.57. The monoisotopic (exact) mass is 557 g/mol. The van der Waals surface area contributed by atoms with Crippen LogP contribution in [0.3, 0.4) is 0 Å². The maximum atomic E-state index is 13.3. The lowest BCUT2D eigenvalue weighted by Crippen LogP contribution is -2.52. The summed E-state index contributed by atoms with van der Waals surface area (Å²) in [6.45, 7) is 5.00. The van der Waals surface area contributed by atoms with Crippen molar-refractivity contribution in [2.24, 2.45) is 5.92 Å². The molecule has 2 amide bonds. The van der Waals surface area contributed by atoms with Crippen LogP contribution in [0.25, 0.3) is 16.6 Å². The van der Waals surface area contributed by atoms with Gasteiger partial charge in [-0.1, -0.05) is 43.7 Å². The van der Waals surface area contributed by atoms with Crippen molar-refractivity contribution < 1.29 is 33.8 Å². The zero-order chi connectivity index (χ0) is 28.2. The number of carbonyl (C=O) groups is 4. The third-order valence-corrected chi connectivity index (χ3v) is 7.24. The van der Waals surface area contributed by atoms with Crippen LogP contribution in [0.15, 0.2) is 36.4 Å². The Morgan fingerprint density at radius 3 is 2.38 bits per heavy atom. The second kappa shape index (κ2) is 15.1. The molecule has 2 aromatic rings. The number of ether oxygens (including phenoxy) is 2. The number of hydrogen-bond donors (Lipinski definition) is 1. The van der Waals surface area contributed by atoms with Gasteiger partial charge in [-0.3, -0.25) is 9.59 Å². The van der Waals surface area contributed by atoms with E-state index in [0.29, 0.717) is 29.6 Å². The van der Waals surface area contributed by atoms with Gasteiger partial charge < -0.3 is 24.4 Å². The van der Waals surface area contributed by atoms with Gasteiger partial charge in [0.1, 0.15) is 10.7 Å². The minimum atomic E-state index is -0.954. The van der Waals surface area contributed by atoms with E-state index in [2.05, 4.69) is 4.98 Å². The first-order valence-electron chi connectivity index (χ1n) is 13.1. The highest BCUT2D eigenvalue weighted by Crippen LogP contribution is 2.30. The number of piperazine rings is 1. The number of thiazole rings is 1. The van der Waals surface area contributed by atoms with E-state index in [1.807, 2.05) is 37.3 Å². The zero-order valence-electron chi connectivity index (χ0n) is 22.3. The molecule has 39 heavy (non-hydrogen) atoms. The minimum Gasteiger partial charge on any atom is -0.463 e. The molecular weight excluding hydrogens is 522 g/mol. The van der Waals surface area contributed by atoms with Crippen LogP contribution in [-0.4, -0.2) is 89.6 Å². The summed E-state index contributed by atoms with van der Waals surface area (Å²) >= 11 is 1.25. The lowest BCUT2D eigenvalue weighted by Gasteiger charge is -2.35. The van der Waals surface area contributed by atoms with Crippen LogP contribution in [0.1, 0.15) is 48.5 Å². The van der Waals surface area contributed by atoms with Gasteiger partial charge in [0.25, 0.3) is 0 Å². The summed E-state index contributed by atoms with van der Waals surface area (Å²) in [4.78, 5) is 58.7. The van der Waals surface area contributed by atoms with Gasteiger partial charge in [-0.2, -0.15) is 0 Å². The van der Waals surface area contributed by atoms with E-state index >= 15 is 0 Å². The molecule has 210 valence electrons. The maximum Gasteiger partial charge on any atom is 0.409 e. The summed E-state index contributed by atoms with van der Waals surface area (Å²) in [6.07, 6.45) is 3.81. The predicted octanol–water partition coefficient (Wildman–Crippen LogP) is 3.65. The number of rotatable bonds is 12. The molecule has 1 saturated heterocycles. The molecule has 0 spiro atoms. The largest absolute Gasteiger partial charge is 0.463 e. The number of nitrogens with zero attached hydrogens (tertiary/aromatic N) is 3. The number of aliphatic hydroxyl groups excluding tert-OH is 1. The van der Waals surface area contributed by atoms with Crippen molar-refractivity contribution >= 4 is 41.2 Å². The minimum absolute atomic E-state index is 0.130. The van der Waals surface area contributed by atoms with Gasteiger partial charge >= 0.3 is 12.1 Å². The lowest BCUT2D eigenvalue weighted by atomic mass is 9.99. The summed E-state index contributed by atoms with van der Waals surface area (Å²) in [5.41, 5.74) is 0.943.